The fourth-order valence-corrected chi connectivity index (χ4v) is 9.83. The standard InChI is InChI=1S/C67H123N2O7P/c1-7-10-13-16-19-22-25-27-29-31-32-33-34-35-36-38-40-42-45-48-51-54-57-60-67(71)76-65(58-55-52-49-46-43-24-21-18-15-12-9-3)64(63-75-77(72,73)74-62-61-69(4,5)6)68-66(70)59-56-53-50-47-44-41-39-37-30-28-26-23-20-17-14-11-8-2/h19-20,22-23,27-30,39,41,55,58,64-65H,7-18,21,24-26,31-38,40,42-54,56-57,59-63H2,1-6H3,(H-,68,70,72,73)/p+1/b22-19-,23-20-,29-27-,30-28-,41-39-,58-55-. The minimum Gasteiger partial charge on any atom is -0.456 e. The van der Waals surface area contributed by atoms with Crippen LogP contribution in [0, 0.1) is 0 Å². The SMILES string of the molecule is CCCCC/C=C\C/C=C\C/C=C\CCCCCCC(=O)NC(COP(=O)(O)OCC[N+](C)(C)C)C(/C=C\CCCCCCCCCCC)OC(=O)CCCCCCCCCCCCCCC/C=C\C/C=C\CCCCC. The molecule has 77 heavy (non-hydrogen) atoms. The number of carbonyl (C=O) groups is 2. The Balaban J connectivity index is 5.16. The van der Waals surface area contributed by atoms with Crippen LogP contribution in [0.1, 0.15) is 290 Å². The Morgan fingerprint density at radius 2 is 0.792 bits per heavy atom. The van der Waals surface area contributed by atoms with Crippen LogP contribution in [0.25, 0.3) is 0 Å². The molecule has 10 heteroatoms. The van der Waals surface area contributed by atoms with Crippen LogP contribution in [-0.2, 0) is 27.9 Å². The van der Waals surface area contributed by atoms with Gasteiger partial charge in [-0.05, 0) is 102 Å². The molecule has 0 aliphatic heterocycles. The Morgan fingerprint density at radius 3 is 1.21 bits per heavy atom. The van der Waals surface area contributed by atoms with E-state index >= 15 is 0 Å². The van der Waals surface area contributed by atoms with E-state index < -0.39 is 20.0 Å². The molecule has 448 valence electrons. The third-order valence-electron chi connectivity index (χ3n) is 14.1. The van der Waals surface area contributed by atoms with E-state index in [1.165, 1.54) is 167 Å². The Hall–Kier alpha value is -2.55. The summed E-state index contributed by atoms with van der Waals surface area (Å²) in [6.45, 7) is 6.95. The zero-order valence-electron chi connectivity index (χ0n) is 51.2. The van der Waals surface area contributed by atoms with Gasteiger partial charge in [-0.1, -0.05) is 248 Å². The summed E-state index contributed by atoms with van der Waals surface area (Å²) in [4.78, 5) is 37.7. The Kier molecular flexibility index (Phi) is 54.8. The number of rotatable bonds is 58. The van der Waals surface area contributed by atoms with Crippen molar-refractivity contribution in [2.45, 2.75) is 303 Å². The van der Waals surface area contributed by atoms with Gasteiger partial charge in [0.1, 0.15) is 19.3 Å². The maximum absolute atomic E-state index is 13.5. The summed E-state index contributed by atoms with van der Waals surface area (Å²) in [6, 6.07) is -0.862. The van der Waals surface area contributed by atoms with Crippen molar-refractivity contribution in [1.29, 1.82) is 0 Å². The van der Waals surface area contributed by atoms with Crippen LogP contribution in [-0.4, -0.2) is 74.3 Å². The zero-order chi connectivity index (χ0) is 56.4. The minimum atomic E-state index is -4.46. The van der Waals surface area contributed by atoms with E-state index in [0.717, 1.165) is 89.9 Å². The number of unbranched alkanes of at least 4 members (excludes halogenated alkanes) is 32. The van der Waals surface area contributed by atoms with E-state index in [1.807, 2.05) is 33.3 Å². The monoisotopic (exact) mass is 1100 g/mol. The molecule has 3 atom stereocenters. The third kappa shape index (κ3) is 57.9. The van der Waals surface area contributed by atoms with Crippen LogP contribution in [0.4, 0.5) is 0 Å². The average molecular weight is 1100 g/mol. The highest BCUT2D eigenvalue weighted by Crippen LogP contribution is 2.43. The maximum Gasteiger partial charge on any atom is 0.472 e. The second-order valence-electron chi connectivity index (χ2n) is 22.9. The molecule has 0 aliphatic carbocycles. The largest absolute Gasteiger partial charge is 0.472 e. The predicted molar refractivity (Wildman–Crippen MR) is 332 cm³/mol. The fourth-order valence-electron chi connectivity index (χ4n) is 9.10. The van der Waals surface area contributed by atoms with E-state index in [0.29, 0.717) is 17.4 Å². The second kappa shape index (κ2) is 56.7. The number of amides is 1. The molecule has 1 amide bonds. The van der Waals surface area contributed by atoms with E-state index in [9.17, 15) is 19.0 Å². The molecular formula is C67H124N2O7P+. The summed E-state index contributed by atoms with van der Waals surface area (Å²) in [7, 11) is 1.48. The highest BCUT2D eigenvalue weighted by atomic mass is 31.2. The molecule has 0 aromatic rings. The number of esters is 1. The second-order valence-corrected chi connectivity index (χ2v) is 24.4. The first-order valence-electron chi connectivity index (χ1n) is 32.3. The zero-order valence-corrected chi connectivity index (χ0v) is 52.1. The summed E-state index contributed by atoms with van der Waals surface area (Å²) in [5, 5.41) is 3.04. The lowest BCUT2D eigenvalue weighted by Crippen LogP contribution is -2.47. The highest BCUT2D eigenvalue weighted by Gasteiger charge is 2.30. The first-order chi connectivity index (χ1) is 37.4. The van der Waals surface area contributed by atoms with Gasteiger partial charge in [0.15, 0.2) is 0 Å². The van der Waals surface area contributed by atoms with Crippen LogP contribution < -0.4 is 5.32 Å². The number of carbonyl (C=O) groups excluding carboxylic acids is 2. The van der Waals surface area contributed by atoms with Crippen molar-refractivity contribution in [2.75, 3.05) is 40.9 Å². The predicted octanol–water partition coefficient (Wildman–Crippen LogP) is 20.0. The third-order valence-corrected chi connectivity index (χ3v) is 15.1. The van der Waals surface area contributed by atoms with Gasteiger partial charge in [0.2, 0.25) is 5.91 Å². The van der Waals surface area contributed by atoms with Gasteiger partial charge in [-0.25, -0.2) is 4.57 Å². The molecule has 3 unspecified atom stereocenters. The number of hydrogen-bond donors (Lipinski definition) is 2. The number of allylic oxidation sites excluding steroid dienone is 11. The maximum atomic E-state index is 13.5. The number of nitrogens with one attached hydrogen (secondary N) is 1. The molecule has 0 spiro atoms. The van der Waals surface area contributed by atoms with Crippen molar-refractivity contribution >= 4 is 19.7 Å². The molecule has 9 nitrogen and oxygen atoms in total. The van der Waals surface area contributed by atoms with Gasteiger partial charge in [0.25, 0.3) is 0 Å². The summed E-state index contributed by atoms with van der Waals surface area (Å²) in [5.41, 5.74) is 0. The van der Waals surface area contributed by atoms with Gasteiger partial charge >= 0.3 is 13.8 Å². The molecule has 0 bridgehead atoms. The lowest BCUT2D eigenvalue weighted by Gasteiger charge is -2.27. The minimum absolute atomic E-state index is 0.0338. The summed E-state index contributed by atoms with van der Waals surface area (Å²) in [6.07, 6.45) is 73.3. The topological polar surface area (TPSA) is 111 Å². The number of likely N-dealkylation sites (N-methyl/N-ethyl adjacent to an activating group) is 1. The molecule has 0 saturated carbocycles. The van der Waals surface area contributed by atoms with E-state index in [4.69, 9.17) is 13.8 Å². The van der Waals surface area contributed by atoms with Crippen LogP contribution in [0.3, 0.4) is 0 Å². The molecule has 2 N–H and O–H groups in total. The fraction of sp³-hybridized carbons (Fsp3) is 0.791. The lowest BCUT2D eigenvalue weighted by atomic mass is 10.0. The van der Waals surface area contributed by atoms with E-state index in [-0.39, 0.29) is 31.5 Å². The summed E-state index contributed by atoms with van der Waals surface area (Å²) >= 11 is 0. The van der Waals surface area contributed by atoms with Crippen molar-refractivity contribution in [2.24, 2.45) is 0 Å². The van der Waals surface area contributed by atoms with Crippen LogP contribution in [0.2, 0.25) is 0 Å². The first kappa shape index (κ1) is 74.5. The van der Waals surface area contributed by atoms with Crippen molar-refractivity contribution in [3.8, 4) is 0 Å². The van der Waals surface area contributed by atoms with Crippen molar-refractivity contribution < 1.29 is 37.3 Å². The number of phosphoric ester groups is 1. The Labute approximate surface area is 476 Å². The normalized spacial score (nSPS) is 14.1. The van der Waals surface area contributed by atoms with Gasteiger partial charge in [0.05, 0.1) is 33.8 Å². The van der Waals surface area contributed by atoms with E-state index in [1.54, 1.807) is 0 Å². The van der Waals surface area contributed by atoms with Crippen LogP contribution in [0.15, 0.2) is 72.9 Å². The number of ether oxygens (including phenoxy) is 1. The highest BCUT2D eigenvalue weighted by molar-refractivity contribution is 7.47. The van der Waals surface area contributed by atoms with Gasteiger partial charge < -0.3 is 19.4 Å². The number of nitrogens with zero attached hydrogens (tertiary/aromatic N) is 1. The van der Waals surface area contributed by atoms with Gasteiger partial charge in [-0.15, -0.1) is 0 Å². The van der Waals surface area contributed by atoms with Gasteiger partial charge in [-0.2, -0.15) is 0 Å². The summed E-state index contributed by atoms with van der Waals surface area (Å²) < 4.78 is 30.7. The Bertz CT molecular complexity index is 1550. The van der Waals surface area contributed by atoms with Gasteiger partial charge in [0, 0.05) is 12.8 Å². The molecule has 0 aromatic carbocycles. The number of phosphoric acid groups is 1. The molecule has 0 aromatic heterocycles. The molecule has 0 radical (unpaired) electrons. The molecule has 0 rings (SSSR count). The molecule has 0 heterocycles. The quantitative estimate of drug-likeness (QED) is 0.0205. The number of quaternary nitrogens is 1. The molecule has 0 fully saturated rings. The van der Waals surface area contributed by atoms with Gasteiger partial charge in [-0.3, -0.25) is 18.6 Å². The van der Waals surface area contributed by atoms with Crippen molar-refractivity contribution in [3.63, 3.8) is 0 Å². The molecule has 0 aliphatic rings. The van der Waals surface area contributed by atoms with Crippen LogP contribution >= 0.6 is 7.82 Å². The lowest BCUT2D eigenvalue weighted by molar-refractivity contribution is -0.870. The number of hydrogen-bond acceptors (Lipinski definition) is 6. The van der Waals surface area contributed by atoms with Crippen molar-refractivity contribution in [1.82, 2.24) is 5.32 Å². The first-order valence-corrected chi connectivity index (χ1v) is 33.8. The summed E-state index contributed by atoms with van der Waals surface area (Å²) in [5.74, 6) is -0.527. The molecular weight excluding hydrogens is 976 g/mol. The molecule has 0 saturated heterocycles. The van der Waals surface area contributed by atoms with Crippen LogP contribution in [0.5, 0.6) is 0 Å². The Morgan fingerprint density at radius 1 is 0.455 bits per heavy atom. The smallest absolute Gasteiger partial charge is 0.456 e. The average Bonchev–Trinajstić information content (AvgIpc) is 3.39. The van der Waals surface area contributed by atoms with E-state index in [2.05, 4.69) is 86.8 Å². The van der Waals surface area contributed by atoms with Crippen molar-refractivity contribution in [3.05, 3.63) is 72.9 Å².